The van der Waals surface area contributed by atoms with Crippen molar-refractivity contribution in [3.63, 3.8) is 0 Å². The monoisotopic (exact) mass is 382 g/mol. The van der Waals surface area contributed by atoms with Crippen LogP contribution >= 0.6 is 24.8 Å². The van der Waals surface area contributed by atoms with Crippen molar-refractivity contribution in [3.8, 4) is 0 Å². The first-order chi connectivity index (χ1) is 11.4. The molecule has 2 aliphatic rings. The lowest BCUT2D eigenvalue weighted by Gasteiger charge is -2.27. The van der Waals surface area contributed by atoms with Gasteiger partial charge in [0.05, 0.1) is 0 Å². The lowest BCUT2D eigenvalue weighted by molar-refractivity contribution is 0.0905. The number of hydrogen-bond donors (Lipinski definition) is 2. The number of benzene rings is 2. The number of nitrogens with one attached hydrogen (secondary N) is 2. The molecule has 3 nitrogen and oxygen atoms in total. The van der Waals surface area contributed by atoms with Gasteiger partial charge in [0.15, 0.2) is 0 Å². The van der Waals surface area contributed by atoms with Gasteiger partial charge in [-0.25, -0.2) is 0 Å². The van der Waals surface area contributed by atoms with Gasteiger partial charge < -0.3 is 15.4 Å². The van der Waals surface area contributed by atoms with E-state index in [0.717, 1.165) is 39.1 Å². The van der Waals surface area contributed by atoms with Crippen LogP contribution in [0.3, 0.4) is 0 Å². The number of fused-ring (bicyclic) bond motifs is 1. The average Bonchev–Trinajstić information content (AvgIpc) is 2.64. The summed E-state index contributed by atoms with van der Waals surface area (Å²) in [5.74, 6) is 0.693. The molecule has 0 saturated carbocycles. The zero-order valence-corrected chi connectivity index (χ0v) is 16.1. The van der Waals surface area contributed by atoms with E-state index < -0.39 is 0 Å². The number of anilines is 1. The minimum atomic E-state index is 0. The summed E-state index contributed by atoms with van der Waals surface area (Å²) in [6.45, 7) is 4.04. The molecule has 0 atom stereocenters. The normalized spacial score (nSPS) is 19.0. The SMILES string of the molecule is Cl.Cl.c1ccc2c(C3CCNCC3)ccc(NC3CCOCC3)c2c1. The fraction of sp³-hybridized carbons (Fsp3) is 0.500. The van der Waals surface area contributed by atoms with Crippen LogP contribution in [0.15, 0.2) is 36.4 Å². The summed E-state index contributed by atoms with van der Waals surface area (Å²) in [6, 6.07) is 14.1. The highest BCUT2D eigenvalue weighted by atomic mass is 35.5. The van der Waals surface area contributed by atoms with Crippen LogP contribution in [-0.2, 0) is 4.74 Å². The fourth-order valence-corrected chi connectivity index (χ4v) is 4.00. The van der Waals surface area contributed by atoms with Crippen molar-refractivity contribution in [3.05, 3.63) is 42.0 Å². The van der Waals surface area contributed by atoms with Gasteiger partial charge >= 0.3 is 0 Å². The Hall–Kier alpha value is -1.00. The molecular weight excluding hydrogens is 355 g/mol. The Morgan fingerprint density at radius 3 is 2.24 bits per heavy atom. The highest BCUT2D eigenvalue weighted by Crippen LogP contribution is 2.35. The van der Waals surface area contributed by atoms with E-state index in [0.29, 0.717) is 12.0 Å². The minimum absolute atomic E-state index is 0. The van der Waals surface area contributed by atoms with E-state index in [4.69, 9.17) is 4.74 Å². The third kappa shape index (κ3) is 4.59. The Morgan fingerprint density at radius 2 is 1.52 bits per heavy atom. The molecular formula is C20H28Cl2N2O. The van der Waals surface area contributed by atoms with Gasteiger partial charge in [0, 0.05) is 30.3 Å². The summed E-state index contributed by atoms with van der Waals surface area (Å²) in [5.41, 5.74) is 2.81. The smallest absolute Gasteiger partial charge is 0.0485 e. The average molecular weight is 383 g/mol. The van der Waals surface area contributed by atoms with Crippen LogP contribution in [0, 0.1) is 0 Å². The van der Waals surface area contributed by atoms with Crippen molar-refractivity contribution in [2.45, 2.75) is 37.6 Å². The Labute approximate surface area is 162 Å². The highest BCUT2D eigenvalue weighted by molar-refractivity contribution is 5.96. The molecule has 2 saturated heterocycles. The van der Waals surface area contributed by atoms with Crippen LogP contribution in [0.5, 0.6) is 0 Å². The van der Waals surface area contributed by atoms with Gasteiger partial charge in [0.1, 0.15) is 0 Å². The molecule has 2 aliphatic heterocycles. The summed E-state index contributed by atoms with van der Waals surface area (Å²) in [6.07, 6.45) is 4.70. The standard InChI is InChI=1S/C20H26N2O.2ClH/c1-2-4-19-18(3-1)17(15-7-11-21-12-8-15)5-6-20(19)22-16-9-13-23-14-10-16;;/h1-6,15-16,21-22H,7-14H2;2*1H. The molecule has 0 radical (unpaired) electrons. The fourth-order valence-electron chi connectivity index (χ4n) is 4.00. The number of hydrogen-bond acceptors (Lipinski definition) is 3. The molecule has 138 valence electrons. The predicted octanol–water partition coefficient (Wildman–Crippen LogP) is 4.74. The van der Waals surface area contributed by atoms with E-state index in [1.807, 2.05) is 0 Å². The molecule has 2 fully saturated rings. The van der Waals surface area contributed by atoms with Gasteiger partial charge in [0.2, 0.25) is 0 Å². The zero-order valence-electron chi connectivity index (χ0n) is 14.5. The maximum Gasteiger partial charge on any atom is 0.0485 e. The first-order valence-electron chi connectivity index (χ1n) is 8.98. The summed E-state index contributed by atoms with van der Waals surface area (Å²) in [7, 11) is 0. The van der Waals surface area contributed by atoms with E-state index in [-0.39, 0.29) is 24.8 Å². The van der Waals surface area contributed by atoms with Gasteiger partial charge in [-0.15, -0.1) is 24.8 Å². The molecule has 2 heterocycles. The van der Waals surface area contributed by atoms with Crippen molar-refractivity contribution < 1.29 is 4.74 Å². The minimum Gasteiger partial charge on any atom is -0.382 e. The van der Waals surface area contributed by atoms with E-state index in [2.05, 4.69) is 47.0 Å². The van der Waals surface area contributed by atoms with Crippen LogP contribution in [0.4, 0.5) is 5.69 Å². The largest absolute Gasteiger partial charge is 0.382 e. The van der Waals surface area contributed by atoms with Crippen molar-refractivity contribution in [2.24, 2.45) is 0 Å². The molecule has 5 heteroatoms. The lowest BCUT2D eigenvalue weighted by atomic mass is 9.86. The van der Waals surface area contributed by atoms with Crippen LogP contribution < -0.4 is 10.6 Å². The molecule has 0 unspecified atom stereocenters. The van der Waals surface area contributed by atoms with Crippen LogP contribution in [0.1, 0.15) is 37.2 Å². The maximum atomic E-state index is 5.48. The van der Waals surface area contributed by atoms with E-state index in [1.165, 1.54) is 34.9 Å². The first kappa shape index (κ1) is 20.3. The van der Waals surface area contributed by atoms with E-state index in [9.17, 15) is 0 Å². The van der Waals surface area contributed by atoms with Gasteiger partial charge in [-0.05, 0) is 61.7 Å². The molecule has 2 aromatic rings. The first-order valence-corrected chi connectivity index (χ1v) is 8.98. The Kier molecular flexibility index (Phi) is 7.82. The second-order valence-corrected chi connectivity index (χ2v) is 6.80. The van der Waals surface area contributed by atoms with Crippen molar-refractivity contribution in [1.29, 1.82) is 0 Å². The Bertz CT molecular complexity index is 668. The summed E-state index contributed by atoms with van der Waals surface area (Å²) in [5, 5.41) is 10.0. The molecule has 25 heavy (non-hydrogen) atoms. The molecule has 0 bridgehead atoms. The quantitative estimate of drug-likeness (QED) is 0.803. The number of ether oxygens (including phenoxy) is 1. The molecule has 0 aromatic heterocycles. The lowest BCUT2D eigenvalue weighted by Crippen LogP contribution is -2.28. The van der Waals surface area contributed by atoms with E-state index in [1.54, 1.807) is 0 Å². The van der Waals surface area contributed by atoms with Crippen molar-refractivity contribution in [2.75, 3.05) is 31.6 Å². The number of piperidine rings is 1. The van der Waals surface area contributed by atoms with Crippen molar-refractivity contribution in [1.82, 2.24) is 5.32 Å². The topological polar surface area (TPSA) is 33.3 Å². The summed E-state index contributed by atoms with van der Waals surface area (Å²) >= 11 is 0. The predicted molar refractivity (Wildman–Crippen MR) is 111 cm³/mol. The second-order valence-electron chi connectivity index (χ2n) is 6.80. The summed E-state index contributed by atoms with van der Waals surface area (Å²) in [4.78, 5) is 0. The van der Waals surface area contributed by atoms with Gasteiger partial charge in [-0.3, -0.25) is 0 Å². The molecule has 0 spiro atoms. The number of rotatable bonds is 3. The third-order valence-electron chi connectivity index (χ3n) is 5.32. The maximum absolute atomic E-state index is 5.48. The van der Waals surface area contributed by atoms with Gasteiger partial charge in [-0.1, -0.05) is 30.3 Å². The van der Waals surface area contributed by atoms with Crippen molar-refractivity contribution >= 4 is 41.3 Å². The molecule has 2 aromatic carbocycles. The Morgan fingerprint density at radius 1 is 0.840 bits per heavy atom. The molecule has 2 N–H and O–H groups in total. The molecule has 0 aliphatic carbocycles. The highest BCUT2D eigenvalue weighted by Gasteiger charge is 2.19. The zero-order chi connectivity index (χ0) is 15.5. The number of halogens is 2. The van der Waals surface area contributed by atoms with Crippen LogP contribution in [0.25, 0.3) is 10.8 Å². The second kappa shape index (κ2) is 9.63. The van der Waals surface area contributed by atoms with Gasteiger partial charge in [-0.2, -0.15) is 0 Å². The summed E-state index contributed by atoms with van der Waals surface area (Å²) < 4.78 is 5.48. The van der Waals surface area contributed by atoms with E-state index >= 15 is 0 Å². The Balaban J connectivity index is 0.00000113. The van der Waals surface area contributed by atoms with Gasteiger partial charge in [0.25, 0.3) is 0 Å². The molecule has 0 amide bonds. The van der Waals surface area contributed by atoms with Crippen LogP contribution in [0.2, 0.25) is 0 Å². The molecule has 4 rings (SSSR count). The third-order valence-corrected chi connectivity index (χ3v) is 5.32. The van der Waals surface area contributed by atoms with Crippen LogP contribution in [-0.4, -0.2) is 32.3 Å².